The van der Waals surface area contributed by atoms with Crippen LogP contribution < -0.4 is 24.6 Å². The standard InChI is InChI=1S/C23H21ClF2N4O6/c1-11-27-21-20(22(28-11)34-3)29-23(32)30(21)15-9-18(17(8-13(15)24)35-7-6-31)36-10-12-16(33-2)5-4-14(25)19(12)26/h4-5,8-9,31H,6-7,10H2,1-3H3,(H,29,32). The minimum absolute atomic E-state index is 0.0348. The lowest BCUT2D eigenvalue weighted by molar-refractivity contribution is 0.191. The van der Waals surface area contributed by atoms with Gasteiger partial charge in [-0.3, -0.25) is 4.98 Å². The minimum atomic E-state index is -1.13. The van der Waals surface area contributed by atoms with Crippen LogP contribution in [-0.2, 0) is 6.61 Å². The molecule has 4 aromatic rings. The van der Waals surface area contributed by atoms with E-state index in [1.165, 1.54) is 37.0 Å². The summed E-state index contributed by atoms with van der Waals surface area (Å²) in [4.78, 5) is 24.0. The van der Waals surface area contributed by atoms with Gasteiger partial charge in [-0.2, -0.15) is 4.98 Å². The summed E-state index contributed by atoms with van der Waals surface area (Å²) in [5.74, 6) is -1.48. The van der Waals surface area contributed by atoms with Crippen molar-refractivity contribution in [3.63, 3.8) is 0 Å². The molecule has 2 heterocycles. The van der Waals surface area contributed by atoms with Gasteiger partial charge in [0.2, 0.25) is 5.88 Å². The normalized spacial score (nSPS) is 11.1. The first-order valence-corrected chi connectivity index (χ1v) is 10.9. The second kappa shape index (κ2) is 10.4. The zero-order valence-electron chi connectivity index (χ0n) is 19.4. The van der Waals surface area contributed by atoms with E-state index in [0.29, 0.717) is 5.82 Å². The van der Waals surface area contributed by atoms with Gasteiger partial charge in [-0.1, -0.05) is 11.6 Å². The first kappa shape index (κ1) is 25.2. The molecule has 0 radical (unpaired) electrons. The number of rotatable bonds is 9. The number of nitrogens with one attached hydrogen (secondary N) is 1. The number of hydrogen-bond donors (Lipinski definition) is 2. The smallest absolute Gasteiger partial charge is 0.332 e. The molecule has 0 unspecified atom stereocenters. The number of aryl methyl sites for hydroxylation is 1. The molecule has 13 heteroatoms. The van der Waals surface area contributed by atoms with Crippen LogP contribution >= 0.6 is 11.6 Å². The van der Waals surface area contributed by atoms with Gasteiger partial charge in [0.25, 0.3) is 0 Å². The number of aromatic amines is 1. The van der Waals surface area contributed by atoms with Crippen LogP contribution in [-0.4, -0.2) is 52.1 Å². The Morgan fingerprint density at radius 1 is 1.08 bits per heavy atom. The molecular weight excluding hydrogens is 502 g/mol. The van der Waals surface area contributed by atoms with Gasteiger partial charge in [0.1, 0.15) is 30.3 Å². The molecule has 0 fully saturated rings. The Morgan fingerprint density at radius 2 is 1.83 bits per heavy atom. The van der Waals surface area contributed by atoms with E-state index in [-0.39, 0.29) is 63.8 Å². The van der Waals surface area contributed by atoms with Gasteiger partial charge in [-0.05, 0) is 19.1 Å². The van der Waals surface area contributed by atoms with E-state index in [4.69, 9.17) is 30.5 Å². The number of aromatic nitrogens is 4. The topological polar surface area (TPSA) is 121 Å². The van der Waals surface area contributed by atoms with Gasteiger partial charge >= 0.3 is 5.69 Å². The molecule has 190 valence electrons. The fourth-order valence-electron chi connectivity index (χ4n) is 3.56. The third-order valence-corrected chi connectivity index (χ3v) is 5.46. The molecule has 0 saturated heterocycles. The lowest BCUT2D eigenvalue weighted by Gasteiger charge is -2.17. The Morgan fingerprint density at radius 3 is 2.53 bits per heavy atom. The second-order valence-electron chi connectivity index (χ2n) is 7.40. The van der Waals surface area contributed by atoms with Crippen molar-refractivity contribution >= 4 is 22.8 Å². The number of fused-ring (bicyclic) bond motifs is 1. The molecule has 2 N–H and O–H groups in total. The number of halogens is 3. The highest BCUT2D eigenvalue weighted by Crippen LogP contribution is 2.37. The van der Waals surface area contributed by atoms with E-state index in [2.05, 4.69) is 15.0 Å². The zero-order valence-corrected chi connectivity index (χ0v) is 20.2. The second-order valence-corrected chi connectivity index (χ2v) is 7.80. The van der Waals surface area contributed by atoms with Gasteiger partial charge in [0.15, 0.2) is 28.8 Å². The maximum absolute atomic E-state index is 14.5. The highest BCUT2D eigenvalue weighted by molar-refractivity contribution is 6.32. The average molecular weight is 523 g/mol. The predicted octanol–water partition coefficient (Wildman–Crippen LogP) is 3.32. The van der Waals surface area contributed by atoms with Crippen LogP contribution in [0.4, 0.5) is 8.78 Å². The number of methoxy groups -OCH3 is 2. The minimum Gasteiger partial charge on any atom is -0.496 e. The maximum Gasteiger partial charge on any atom is 0.332 e. The van der Waals surface area contributed by atoms with Crippen molar-refractivity contribution in [1.82, 2.24) is 19.5 Å². The Balaban J connectivity index is 1.84. The first-order chi connectivity index (χ1) is 17.3. The number of benzene rings is 2. The third kappa shape index (κ3) is 4.64. The number of nitrogens with zero attached hydrogens (tertiary/aromatic N) is 3. The molecule has 0 saturated carbocycles. The Labute approximate surface area is 208 Å². The largest absolute Gasteiger partial charge is 0.496 e. The summed E-state index contributed by atoms with van der Waals surface area (Å²) in [6, 6.07) is 4.97. The van der Waals surface area contributed by atoms with Crippen LogP contribution in [0, 0.1) is 18.6 Å². The summed E-state index contributed by atoms with van der Waals surface area (Å²) >= 11 is 6.49. The predicted molar refractivity (Wildman–Crippen MR) is 126 cm³/mol. The lowest BCUT2D eigenvalue weighted by atomic mass is 10.2. The maximum atomic E-state index is 14.5. The van der Waals surface area contributed by atoms with Crippen molar-refractivity contribution in [3.05, 3.63) is 62.8 Å². The number of aliphatic hydroxyl groups is 1. The van der Waals surface area contributed by atoms with Crippen molar-refractivity contribution in [2.75, 3.05) is 27.4 Å². The molecule has 0 spiro atoms. The number of ether oxygens (including phenoxy) is 4. The average Bonchev–Trinajstić information content (AvgIpc) is 3.19. The highest BCUT2D eigenvalue weighted by atomic mass is 35.5. The van der Waals surface area contributed by atoms with Crippen LogP contribution in [0.1, 0.15) is 11.4 Å². The molecule has 36 heavy (non-hydrogen) atoms. The molecule has 0 atom stereocenters. The summed E-state index contributed by atoms with van der Waals surface area (Å²) in [5, 5.41) is 9.27. The summed E-state index contributed by atoms with van der Waals surface area (Å²) < 4.78 is 51.1. The quantitative estimate of drug-likeness (QED) is 0.343. The molecule has 0 aliphatic rings. The van der Waals surface area contributed by atoms with Crippen LogP contribution in [0.15, 0.2) is 29.1 Å². The van der Waals surface area contributed by atoms with Crippen LogP contribution in [0.3, 0.4) is 0 Å². The number of hydrogen-bond acceptors (Lipinski definition) is 8. The zero-order chi connectivity index (χ0) is 26.0. The van der Waals surface area contributed by atoms with Crippen molar-refractivity contribution < 1.29 is 32.8 Å². The highest BCUT2D eigenvalue weighted by Gasteiger charge is 2.22. The Bertz CT molecular complexity index is 1490. The molecule has 2 aromatic carbocycles. The van der Waals surface area contributed by atoms with Gasteiger partial charge in [-0.25, -0.2) is 23.1 Å². The fourth-order valence-corrected chi connectivity index (χ4v) is 3.80. The van der Waals surface area contributed by atoms with Gasteiger partial charge in [0.05, 0.1) is 37.1 Å². The molecule has 2 aromatic heterocycles. The van der Waals surface area contributed by atoms with E-state index in [1.54, 1.807) is 6.92 Å². The van der Waals surface area contributed by atoms with Gasteiger partial charge < -0.3 is 24.1 Å². The SMILES string of the molecule is COc1ccc(F)c(F)c1COc1cc(-n2c(=O)[nH]c3c(OC)nc(C)nc32)c(Cl)cc1OCCO. The fraction of sp³-hybridized carbons (Fsp3) is 0.261. The molecule has 0 bridgehead atoms. The van der Waals surface area contributed by atoms with E-state index in [9.17, 15) is 18.7 Å². The van der Waals surface area contributed by atoms with Crippen molar-refractivity contribution in [1.29, 1.82) is 0 Å². The van der Waals surface area contributed by atoms with E-state index in [1.807, 2.05) is 0 Å². The van der Waals surface area contributed by atoms with Crippen LogP contribution in [0.5, 0.6) is 23.1 Å². The summed E-state index contributed by atoms with van der Waals surface area (Å²) in [6.07, 6.45) is 0. The molecular formula is C23H21ClF2N4O6. The van der Waals surface area contributed by atoms with Crippen LogP contribution in [0.25, 0.3) is 16.9 Å². The Hall–Kier alpha value is -3.90. The van der Waals surface area contributed by atoms with Crippen molar-refractivity contribution in [2.45, 2.75) is 13.5 Å². The summed E-state index contributed by atoms with van der Waals surface area (Å²) in [7, 11) is 2.72. The molecule has 0 aliphatic carbocycles. The monoisotopic (exact) mass is 522 g/mol. The van der Waals surface area contributed by atoms with Crippen molar-refractivity contribution in [3.8, 4) is 28.8 Å². The van der Waals surface area contributed by atoms with Crippen molar-refractivity contribution in [2.24, 2.45) is 0 Å². The third-order valence-electron chi connectivity index (χ3n) is 5.16. The lowest BCUT2D eigenvalue weighted by Crippen LogP contribution is -2.16. The Kier molecular flexibility index (Phi) is 7.27. The van der Waals surface area contributed by atoms with E-state index >= 15 is 0 Å². The molecule has 4 rings (SSSR count). The molecule has 0 amide bonds. The summed E-state index contributed by atoms with van der Waals surface area (Å²) in [5.41, 5.74) is -0.152. The van der Waals surface area contributed by atoms with Gasteiger partial charge in [-0.15, -0.1) is 0 Å². The van der Waals surface area contributed by atoms with Crippen LogP contribution in [0.2, 0.25) is 5.02 Å². The number of H-pyrrole nitrogens is 1. The number of imidazole rings is 1. The molecule has 0 aliphatic heterocycles. The number of aliphatic hydroxyl groups excluding tert-OH is 1. The first-order valence-electron chi connectivity index (χ1n) is 10.5. The summed E-state index contributed by atoms with van der Waals surface area (Å²) in [6.45, 7) is 0.789. The van der Waals surface area contributed by atoms with E-state index in [0.717, 1.165) is 6.07 Å². The molecule has 10 nitrogen and oxygen atoms in total. The van der Waals surface area contributed by atoms with E-state index < -0.39 is 23.9 Å². The van der Waals surface area contributed by atoms with Gasteiger partial charge in [0, 0.05) is 12.1 Å².